The third kappa shape index (κ3) is 7.55. The first-order chi connectivity index (χ1) is 25.1. The number of benzene rings is 2. The number of ketones is 1. The van der Waals surface area contributed by atoms with Crippen LogP contribution in [0.1, 0.15) is 46.3 Å². The number of fused-ring (bicyclic) bond motifs is 2. The van der Waals surface area contributed by atoms with Crippen LogP contribution in [-0.4, -0.2) is 83.3 Å². The molecule has 1 saturated heterocycles. The third-order valence-corrected chi connectivity index (χ3v) is 10.3. The van der Waals surface area contributed by atoms with Crippen LogP contribution in [0.15, 0.2) is 67.0 Å². The quantitative estimate of drug-likeness (QED) is 0.128. The second kappa shape index (κ2) is 15.0. The highest BCUT2D eigenvalue weighted by molar-refractivity contribution is 7.21. The minimum Gasteiger partial charge on any atom is -0.491 e. The molecule has 0 bridgehead atoms. The fraction of sp³-hybridized carbons (Fsp3) is 0.308. The molecule has 7 rings (SSSR count). The maximum Gasteiger partial charge on any atom is 0.255 e. The topological polar surface area (TPSA) is 144 Å². The molecule has 266 valence electrons. The SMILES string of the molecule is Cc1cc(-c2ccc(N(C)C)nc2)ncc1-c1nc2ccc(CC(=O)CCOCCOc3ccc4c(c3)CN(C3CCC(=O)NC3=O)C4=O)cc2s1. The number of aromatic nitrogens is 3. The molecule has 3 amide bonds. The molecule has 0 spiro atoms. The lowest BCUT2D eigenvalue weighted by atomic mass is 10.0. The predicted octanol–water partition coefficient (Wildman–Crippen LogP) is 5.15. The van der Waals surface area contributed by atoms with E-state index in [0.717, 1.165) is 54.6 Å². The molecule has 3 aromatic heterocycles. The summed E-state index contributed by atoms with van der Waals surface area (Å²) < 4.78 is 12.5. The lowest BCUT2D eigenvalue weighted by Gasteiger charge is -2.29. The van der Waals surface area contributed by atoms with Gasteiger partial charge in [0.15, 0.2) is 0 Å². The van der Waals surface area contributed by atoms with Gasteiger partial charge in [-0.2, -0.15) is 0 Å². The Bertz CT molecular complexity index is 2180. The van der Waals surface area contributed by atoms with Crippen LogP contribution in [-0.2, 0) is 32.1 Å². The van der Waals surface area contributed by atoms with E-state index >= 15 is 0 Å². The first-order valence-corrected chi connectivity index (χ1v) is 17.9. The molecule has 12 nitrogen and oxygen atoms in total. The van der Waals surface area contributed by atoms with Crippen LogP contribution < -0.4 is 15.0 Å². The Morgan fingerprint density at radius 3 is 2.62 bits per heavy atom. The second-order valence-electron chi connectivity index (χ2n) is 13.2. The van der Waals surface area contributed by atoms with E-state index in [-0.39, 0.29) is 50.2 Å². The number of nitrogens with one attached hydrogen (secondary N) is 1. The molecule has 5 aromatic rings. The van der Waals surface area contributed by atoms with Gasteiger partial charge in [0.05, 0.1) is 29.1 Å². The lowest BCUT2D eigenvalue weighted by molar-refractivity contribution is -0.137. The summed E-state index contributed by atoms with van der Waals surface area (Å²) in [6.07, 6.45) is 4.82. The van der Waals surface area contributed by atoms with Crippen molar-refractivity contribution in [1.82, 2.24) is 25.2 Å². The normalized spacial score (nSPS) is 15.6. The van der Waals surface area contributed by atoms with Crippen molar-refractivity contribution in [1.29, 1.82) is 0 Å². The minimum atomic E-state index is -0.658. The Morgan fingerprint density at radius 2 is 1.85 bits per heavy atom. The highest BCUT2D eigenvalue weighted by atomic mass is 32.1. The molecule has 2 aliphatic heterocycles. The van der Waals surface area contributed by atoms with Crippen LogP contribution in [0.2, 0.25) is 0 Å². The summed E-state index contributed by atoms with van der Waals surface area (Å²) in [5, 5.41) is 3.20. The zero-order valence-electron chi connectivity index (χ0n) is 29.2. The molecule has 1 fully saturated rings. The van der Waals surface area contributed by atoms with E-state index in [0.29, 0.717) is 30.8 Å². The molecular formula is C39H38N6O6S. The average Bonchev–Trinajstić information content (AvgIpc) is 3.69. The van der Waals surface area contributed by atoms with Gasteiger partial charge in [-0.05, 0) is 78.6 Å². The molecule has 2 aromatic carbocycles. The lowest BCUT2D eigenvalue weighted by Crippen LogP contribution is -2.52. The van der Waals surface area contributed by atoms with E-state index in [9.17, 15) is 19.2 Å². The van der Waals surface area contributed by atoms with Gasteiger partial charge in [0.2, 0.25) is 11.8 Å². The summed E-state index contributed by atoms with van der Waals surface area (Å²) >= 11 is 1.59. The number of thiazole rings is 1. The number of hydrogen-bond donors (Lipinski definition) is 1. The van der Waals surface area contributed by atoms with Crippen molar-refractivity contribution in [2.24, 2.45) is 0 Å². The number of nitrogens with zero attached hydrogens (tertiary/aromatic N) is 5. The smallest absolute Gasteiger partial charge is 0.255 e. The van der Waals surface area contributed by atoms with Gasteiger partial charge in [-0.1, -0.05) is 6.07 Å². The highest BCUT2D eigenvalue weighted by Crippen LogP contribution is 2.34. The van der Waals surface area contributed by atoms with Gasteiger partial charge in [0, 0.05) is 69.0 Å². The van der Waals surface area contributed by atoms with Gasteiger partial charge in [-0.25, -0.2) is 9.97 Å². The maximum atomic E-state index is 12.9. The minimum absolute atomic E-state index is 0.0811. The Hall–Kier alpha value is -5.53. The highest BCUT2D eigenvalue weighted by Gasteiger charge is 2.39. The van der Waals surface area contributed by atoms with Gasteiger partial charge < -0.3 is 19.3 Å². The number of carbonyl (C=O) groups is 4. The van der Waals surface area contributed by atoms with Crippen molar-refractivity contribution in [2.75, 3.05) is 38.8 Å². The Kier molecular flexibility index (Phi) is 10.1. The summed E-state index contributed by atoms with van der Waals surface area (Å²) in [6.45, 7) is 3.21. The molecule has 0 radical (unpaired) electrons. The van der Waals surface area contributed by atoms with E-state index in [4.69, 9.17) is 19.4 Å². The van der Waals surface area contributed by atoms with Crippen molar-refractivity contribution in [2.45, 2.75) is 45.2 Å². The van der Waals surface area contributed by atoms with Gasteiger partial charge in [-0.15, -0.1) is 11.3 Å². The van der Waals surface area contributed by atoms with E-state index in [1.165, 1.54) is 4.90 Å². The van der Waals surface area contributed by atoms with Crippen LogP contribution in [0, 0.1) is 6.92 Å². The fourth-order valence-electron chi connectivity index (χ4n) is 6.40. The zero-order chi connectivity index (χ0) is 36.4. The number of amides is 3. The van der Waals surface area contributed by atoms with Crippen LogP contribution >= 0.6 is 11.3 Å². The molecule has 5 heterocycles. The third-order valence-electron chi connectivity index (χ3n) is 9.21. The summed E-state index contributed by atoms with van der Waals surface area (Å²) in [7, 11) is 3.92. The molecular weight excluding hydrogens is 681 g/mol. The average molecular weight is 719 g/mol. The number of pyridine rings is 2. The van der Waals surface area contributed by atoms with Gasteiger partial charge in [0.25, 0.3) is 5.91 Å². The van der Waals surface area contributed by atoms with Crippen molar-refractivity contribution >= 4 is 50.9 Å². The maximum absolute atomic E-state index is 12.9. The number of ether oxygens (including phenoxy) is 2. The van der Waals surface area contributed by atoms with E-state index in [1.807, 2.05) is 61.7 Å². The number of carbonyl (C=O) groups excluding carboxylic acids is 4. The Morgan fingerprint density at radius 1 is 0.981 bits per heavy atom. The number of aryl methyl sites for hydroxylation is 1. The molecule has 52 heavy (non-hydrogen) atoms. The summed E-state index contributed by atoms with van der Waals surface area (Å²) in [5.41, 5.74) is 6.97. The standard InChI is InChI=1S/C39H38N6O6S/c1-23-16-32(25-5-10-35(41-20-25)44(2)3)40-21-30(23)38-42-31-8-4-24(18-34(31)52-38)17-27(46)12-13-50-14-15-51-28-6-7-29-26(19-28)22-45(39(29)49)33-9-11-36(47)43-37(33)48/h4-8,10,16,18-21,33H,9,11-15,17,22H2,1-3H3,(H,43,47,48). The molecule has 2 aliphatic rings. The zero-order valence-corrected chi connectivity index (χ0v) is 30.0. The number of piperidine rings is 1. The van der Waals surface area contributed by atoms with Crippen molar-refractivity contribution in [3.05, 3.63) is 89.2 Å². The van der Waals surface area contributed by atoms with E-state index in [1.54, 1.807) is 29.5 Å². The first-order valence-electron chi connectivity index (χ1n) is 17.1. The van der Waals surface area contributed by atoms with Gasteiger partial charge >= 0.3 is 0 Å². The number of imide groups is 1. The van der Waals surface area contributed by atoms with Gasteiger partial charge in [-0.3, -0.25) is 29.5 Å². The molecule has 1 N–H and O–H groups in total. The summed E-state index contributed by atoms with van der Waals surface area (Å²) in [5.74, 6) is 0.578. The van der Waals surface area contributed by atoms with Crippen LogP contribution in [0.5, 0.6) is 5.75 Å². The monoisotopic (exact) mass is 718 g/mol. The van der Waals surface area contributed by atoms with E-state index in [2.05, 4.69) is 23.3 Å². The predicted molar refractivity (Wildman–Crippen MR) is 197 cm³/mol. The Balaban J connectivity index is 0.863. The van der Waals surface area contributed by atoms with Gasteiger partial charge in [0.1, 0.15) is 35.0 Å². The number of anilines is 1. The second-order valence-corrected chi connectivity index (χ2v) is 14.2. The number of rotatable bonds is 13. The largest absolute Gasteiger partial charge is 0.491 e. The molecule has 0 saturated carbocycles. The van der Waals surface area contributed by atoms with Crippen molar-refractivity contribution in [3.63, 3.8) is 0 Å². The fourth-order valence-corrected chi connectivity index (χ4v) is 7.50. The van der Waals surface area contributed by atoms with Crippen molar-refractivity contribution < 1.29 is 28.7 Å². The van der Waals surface area contributed by atoms with Crippen LogP contribution in [0.4, 0.5) is 5.82 Å². The molecule has 1 unspecified atom stereocenters. The van der Waals surface area contributed by atoms with Crippen LogP contribution in [0.3, 0.4) is 0 Å². The number of hydrogen-bond acceptors (Lipinski definition) is 11. The summed E-state index contributed by atoms with van der Waals surface area (Å²) in [4.78, 5) is 67.0. The molecule has 1 atom stereocenters. The Labute approximate surface area is 304 Å². The molecule has 13 heteroatoms. The molecule has 0 aliphatic carbocycles. The first kappa shape index (κ1) is 34.9. The van der Waals surface area contributed by atoms with Crippen molar-refractivity contribution in [3.8, 4) is 27.6 Å². The van der Waals surface area contributed by atoms with Crippen LogP contribution in [0.25, 0.3) is 32.0 Å². The number of Topliss-reactive ketones (excluding diaryl/α,β-unsaturated/α-hetero) is 1. The van der Waals surface area contributed by atoms with E-state index < -0.39 is 11.9 Å². The summed E-state index contributed by atoms with van der Waals surface area (Å²) in [6, 6.07) is 16.6.